The number of methoxy groups -OCH3 is 1. The molecular formula is C18H18N4O4. The van der Waals surface area contributed by atoms with Crippen molar-refractivity contribution in [1.82, 2.24) is 19.8 Å². The number of benzene rings is 1. The summed E-state index contributed by atoms with van der Waals surface area (Å²) < 4.78 is 4.64. The van der Waals surface area contributed by atoms with Crippen molar-refractivity contribution < 1.29 is 19.1 Å². The lowest BCUT2D eigenvalue weighted by Crippen LogP contribution is -2.50. The summed E-state index contributed by atoms with van der Waals surface area (Å²) in [7, 11) is 1.31. The van der Waals surface area contributed by atoms with Crippen molar-refractivity contribution in [2.45, 2.75) is 0 Å². The average Bonchev–Trinajstić information content (AvgIpc) is 2.73. The standard InChI is InChI=1S/C18H18N4O4/c1-26-18(25)14-4-2-13(3-5-14)16(23)21-8-10-22(11-9-21)17(24)15-12-19-6-7-20-15/h2-7,12H,8-11H2,1H3. The minimum Gasteiger partial charge on any atom is -0.465 e. The Morgan fingerprint density at radius 2 is 1.46 bits per heavy atom. The molecular weight excluding hydrogens is 336 g/mol. The van der Waals surface area contributed by atoms with E-state index in [9.17, 15) is 14.4 Å². The number of hydrogen-bond donors (Lipinski definition) is 0. The molecule has 2 amide bonds. The number of carbonyl (C=O) groups excluding carboxylic acids is 3. The summed E-state index contributed by atoms with van der Waals surface area (Å²) in [4.78, 5) is 47.6. The van der Waals surface area contributed by atoms with Crippen LogP contribution in [-0.2, 0) is 4.74 Å². The van der Waals surface area contributed by atoms with Crippen LogP contribution < -0.4 is 0 Å². The monoisotopic (exact) mass is 354 g/mol. The zero-order valence-corrected chi connectivity index (χ0v) is 14.3. The first kappa shape index (κ1) is 17.5. The number of nitrogens with zero attached hydrogens (tertiary/aromatic N) is 4. The maximum absolute atomic E-state index is 12.6. The molecule has 0 N–H and O–H groups in total. The van der Waals surface area contributed by atoms with Crippen molar-refractivity contribution in [1.29, 1.82) is 0 Å². The third kappa shape index (κ3) is 3.69. The van der Waals surface area contributed by atoms with Gasteiger partial charge in [0.25, 0.3) is 11.8 Å². The fraction of sp³-hybridized carbons (Fsp3) is 0.278. The molecule has 1 aliphatic heterocycles. The van der Waals surface area contributed by atoms with Crippen molar-refractivity contribution in [3.63, 3.8) is 0 Å². The fourth-order valence-electron chi connectivity index (χ4n) is 2.73. The largest absolute Gasteiger partial charge is 0.465 e. The van der Waals surface area contributed by atoms with Crippen LogP contribution in [0.4, 0.5) is 0 Å². The molecule has 8 nitrogen and oxygen atoms in total. The highest BCUT2D eigenvalue weighted by Gasteiger charge is 2.26. The molecule has 2 aromatic rings. The van der Waals surface area contributed by atoms with E-state index in [1.54, 1.807) is 34.1 Å². The molecule has 0 radical (unpaired) electrons. The Hall–Kier alpha value is -3.29. The van der Waals surface area contributed by atoms with Gasteiger partial charge in [0.05, 0.1) is 18.9 Å². The van der Waals surface area contributed by atoms with Gasteiger partial charge in [0.15, 0.2) is 0 Å². The van der Waals surface area contributed by atoms with E-state index >= 15 is 0 Å². The van der Waals surface area contributed by atoms with Crippen molar-refractivity contribution in [3.8, 4) is 0 Å². The van der Waals surface area contributed by atoms with Gasteiger partial charge in [0.2, 0.25) is 0 Å². The second-order valence-corrected chi connectivity index (χ2v) is 5.74. The molecule has 2 heterocycles. The second kappa shape index (κ2) is 7.73. The van der Waals surface area contributed by atoms with Gasteiger partial charge in [-0.15, -0.1) is 0 Å². The van der Waals surface area contributed by atoms with Gasteiger partial charge in [0.1, 0.15) is 5.69 Å². The SMILES string of the molecule is COC(=O)c1ccc(C(=O)N2CCN(C(=O)c3cnccn3)CC2)cc1. The molecule has 0 bridgehead atoms. The van der Waals surface area contributed by atoms with E-state index < -0.39 is 5.97 Å². The molecule has 0 atom stereocenters. The van der Waals surface area contributed by atoms with Gasteiger partial charge < -0.3 is 14.5 Å². The highest BCUT2D eigenvalue weighted by Crippen LogP contribution is 2.12. The van der Waals surface area contributed by atoms with Crippen LogP contribution in [0.2, 0.25) is 0 Å². The Bertz CT molecular complexity index is 800. The second-order valence-electron chi connectivity index (χ2n) is 5.74. The number of piperazine rings is 1. The zero-order valence-electron chi connectivity index (χ0n) is 14.3. The molecule has 134 valence electrons. The molecule has 0 aliphatic carbocycles. The smallest absolute Gasteiger partial charge is 0.337 e. The molecule has 1 fully saturated rings. The number of carbonyl (C=O) groups is 3. The minimum atomic E-state index is -0.444. The van der Waals surface area contributed by atoms with E-state index in [4.69, 9.17) is 0 Å². The summed E-state index contributed by atoms with van der Waals surface area (Å²) in [5, 5.41) is 0. The lowest BCUT2D eigenvalue weighted by Gasteiger charge is -2.34. The lowest BCUT2D eigenvalue weighted by molar-refractivity contribution is 0.0532. The Morgan fingerprint density at radius 3 is 2.00 bits per heavy atom. The van der Waals surface area contributed by atoms with Crippen molar-refractivity contribution >= 4 is 17.8 Å². The molecule has 3 rings (SSSR count). The molecule has 26 heavy (non-hydrogen) atoms. The van der Waals surface area contributed by atoms with Gasteiger partial charge in [-0.2, -0.15) is 0 Å². The number of aromatic nitrogens is 2. The van der Waals surface area contributed by atoms with Crippen LogP contribution >= 0.6 is 0 Å². The number of amides is 2. The molecule has 1 saturated heterocycles. The third-order valence-electron chi connectivity index (χ3n) is 4.19. The van der Waals surface area contributed by atoms with E-state index in [0.717, 1.165) is 0 Å². The first-order valence-corrected chi connectivity index (χ1v) is 8.13. The third-order valence-corrected chi connectivity index (χ3v) is 4.19. The zero-order chi connectivity index (χ0) is 18.5. The predicted molar refractivity (Wildman–Crippen MR) is 91.6 cm³/mol. The summed E-state index contributed by atoms with van der Waals surface area (Å²) in [6, 6.07) is 6.33. The summed E-state index contributed by atoms with van der Waals surface area (Å²) in [5.41, 5.74) is 1.18. The van der Waals surface area contributed by atoms with E-state index in [0.29, 0.717) is 43.0 Å². The van der Waals surface area contributed by atoms with Gasteiger partial charge >= 0.3 is 5.97 Å². The summed E-state index contributed by atoms with van der Waals surface area (Å²) >= 11 is 0. The van der Waals surface area contributed by atoms with Crippen molar-refractivity contribution in [3.05, 3.63) is 59.7 Å². The normalized spacial score (nSPS) is 14.0. The van der Waals surface area contributed by atoms with Crippen molar-refractivity contribution in [2.75, 3.05) is 33.3 Å². The van der Waals surface area contributed by atoms with E-state index in [1.165, 1.54) is 25.7 Å². The van der Waals surface area contributed by atoms with Crippen LogP contribution in [0.3, 0.4) is 0 Å². The van der Waals surface area contributed by atoms with Crippen LogP contribution in [0, 0.1) is 0 Å². The lowest BCUT2D eigenvalue weighted by atomic mass is 10.1. The number of esters is 1. The first-order valence-electron chi connectivity index (χ1n) is 8.13. The Labute approximate surface area is 150 Å². The number of hydrogen-bond acceptors (Lipinski definition) is 6. The Balaban J connectivity index is 1.60. The quantitative estimate of drug-likeness (QED) is 0.759. The van der Waals surface area contributed by atoms with Gasteiger partial charge in [0, 0.05) is 44.1 Å². The molecule has 0 spiro atoms. The molecule has 0 unspecified atom stereocenters. The van der Waals surface area contributed by atoms with Gasteiger partial charge in [-0.05, 0) is 24.3 Å². The molecule has 0 saturated carbocycles. The molecule has 1 aromatic carbocycles. The molecule has 1 aliphatic rings. The highest BCUT2D eigenvalue weighted by molar-refractivity contribution is 5.96. The summed E-state index contributed by atoms with van der Waals surface area (Å²) in [5.74, 6) is -0.763. The molecule has 1 aromatic heterocycles. The average molecular weight is 354 g/mol. The van der Waals surface area contributed by atoms with Crippen molar-refractivity contribution in [2.24, 2.45) is 0 Å². The number of rotatable bonds is 3. The first-order chi connectivity index (χ1) is 12.6. The predicted octanol–water partition coefficient (Wildman–Crippen LogP) is 0.861. The van der Waals surface area contributed by atoms with Gasteiger partial charge in [-0.25, -0.2) is 9.78 Å². The number of ether oxygens (including phenoxy) is 1. The maximum Gasteiger partial charge on any atom is 0.337 e. The Morgan fingerprint density at radius 1 is 0.885 bits per heavy atom. The van der Waals surface area contributed by atoms with E-state index in [1.807, 2.05) is 0 Å². The van der Waals surface area contributed by atoms with E-state index in [2.05, 4.69) is 14.7 Å². The van der Waals surface area contributed by atoms with E-state index in [-0.39, 0.29) is 11.8 Å². The fourth-order valence-corrected chi connectivity index (χ4v) is 2.73. The minimum absolute atomic E-state index is 0.131. The maximum atomic E-state index is 12.6. The summed E-state index contributed by atoms with van der Waals surface area (Å²) in [6.07, 6.45) is 4.42. The topological polar surface area (TPSA) is 92.7 Å². The van der Waals surface area contributed by atoms with Gasteiger partial charge in [-0.3, -0.25) is 14.6 Å². The van der Waals surface area contributed by atoms with Crippen LogP contribution in [0.15, 0.2) is 42.9 Å². The Kier molecular flexibility index (Phi) is 5.21. The van der Waals surface area contributed by atoms with Gasteiger partial charge in [-0.1, -0.05) is 0 Å². The van der Waals surface area contributed by atoms with Crippen LogP contribution in [0.25, 0.3) is 0 Å². The highest BCUT2D eigenvalue weighted by atomic mass is 16.5. The summed E-state index contributed by atoms with van der Waals surface area (Å²) in [6.45, 7) is 1.73. The van der Waals surface area contributed by atoms with Crippen LogP contribution in [0.1, 0.15) is 31.2 Å². The van der Waals surface area contributed by atoms with Crippen LogP contribution in [0.5, 0.6) is 0 Å². The molecule has 8 heteroatoms. The van der Waals surface area contributed by atoms with Crippen LogP contribution in [-0.4, -0.2) is 70.8 Å².